The van der Waals surface area contributed by atoms with Gasteiger partial charge in [-0.1, -0.05) is 37.7 Å². The molecule has 142 valence electrons. The van der Waals surface area contributed by atoms with Crippen molar-refractivity contribution in [2.75, 3.05) is 5.75 Å². The standard InChI is InChI=1S/C20H23N3O3S/c1-3-14(4-2)21-18(24)13-27-20-22-17-10-6-5-9-16(17)19(25)23(20)12-15-8-7-11-26-15/h5-11,14H,3-4,12-13H2,1-2H3,(H,21,24). The predicted molar refractivity (Wildman–Crippen MR) is 107 cm³/mol. The van der Waals surface area contributed by atoms with Gasteiger partial charge in [-0.15, -0.1) is 0 Å². The van der Waals surface area contributed by atoms with Crippen molar-refractivity contribution in [1.29, 1.82) is 0 Å². The molecule has 7 heteroatoms. The smallest absolute Gasteiger partial charge is 0.262 e. The van der Waals surface area contributed by atoms with Gasteiger partial charge in [-0.05, 0) is 37.1 Å². The van der Waals surface area contributed by atoms with Crippen LogP contribution in [0.2, 0.25) is 0 Å². The first-order valence-corrected chi connectivity index (χ1v) is 10.0. The number of carbonyl (C=O) groups is 1. The molecule has 0 radical (unpaired) electrons. The topological polar surface area (TPSA) is 77.1 Å². The molecule has 0 fully saturated rings. The summed E-state index contributed by atoms with van der Waals surface area (Å²) in [7, 11) is 0. The minimum atomic E-state index is -0.139. The lowest BCUT2D eigenvalue weighted by Gasteiger charge is -2.15. The Morgan fingerprint density at radius 1 is 1.22 bits per heavy atom. The number of amides is 1. The number of furan rings is 1. The normalized spacial score (nSPS) is 11.2. The summed E-state index contributed by atoms with van der Waals surface area (Å²) >= 11 is 1.27. The van der Waals surface area contributed by atoms with E-state index in [9.17, 15) is 9.59 Å². The van der Waals surface area contributed by atoms with E-state index in [1.54, 1.807) is 23.0 Å². The van der Waals surface area contributed by atoms with E-state index < -0.39 is 0 Å². The average Bonchev–Trinajstić information content (AvgIpc) is 3.20. The molecule has 2 heterocycles. The molecule has 1 aromatic carbocycles. The Hall–Kier alpha value is -2.54. The minimum absolute atomic E-state index is 0.0549. The van der Waals surface area contributed by atoms with Gasteiger partial charge in [-0.3, -0.25) is 14.2 Å². The highest BCUT2D eigenvalue weighted by atomic mass is 32.2. The number of para-hydroxylation sites is 1. The first-order chi connectivity index (χ1) is 13.1. The molecule has 2 aromatic heterocycles. The van der Waals surface area contributed by atoms with E-state index in [-0.39, 0.29) is 29.8 Å². The quantitative estimate of drug-likeness (QED) is 0.475. The number of thioether (sulfide) groups is 1. The van der Waals surface area contributed by atoms with E-state index in [2.05, 4.69) is 10.3 Å². The lowest BCUT2D eigenvalue weighted by molar-refractivity contribution is -0.119. The fourth-order valence-electron chi connectivity index (χ4n) is 2.85. The van der Waals surface area contributed by atoms with Crippen LogP contribution in [0, 0.1) is 0 Å². The van der Waals surface area contributed by atoms with Gasteiger partial charge >= 0.3 is 0 Å². The van der Waals surface area contributed by atoms with Crippen molar-refractivity contribution in [2.45, 2.75) is 44.4 Å². The van der Waals surface area contributed by atoms with E-state index in [1.165, 1.54) is 11.8 Å². The molecule has 0 saturated carbocycles. The third-order valence-electron chi connectivity index (χ3n) is 4.40. The molecule has 3 aromatic rings. The Morgan fingerprint density at radius 3 is 2.70 bits per heavy atom. The second kappa shape index (κ2) is 8.90. The van der Waals surface area contributed by atoms with Crippen molar-refractivity contribution >= 4 is 28.6 Å². The van der Waals surface area contributed by atoms with Crippen LogP contribution in [0.3, 0.4) is 0 Å². The average molecular weight is 385 g/mol. The molecule has 0 aliphatic rings. The fraction of sp³-hybridized carbons (Fsp3) is 0.350. The van der Waals surface area contributed by atoms with Crippen LogP contribution in [0.15, 0.2) is 57.0 Å². The first-order valence-electron chi connectivity index (χ1n) is 9.06. The zero-order valence-corrected chi connectivity index (χ0v) is 16.3. The number of rotatable bonds is 8. The maximum atomic E-state index is 13.0. The molecular formula is C20H23N3O3S. The summed E-state index contributed by atoms with van der Waals surface area (Å²) in [5.41, 5.74) is 0.487. The number of carbonyl (C=O) groups excluding carboxylic acids is 1. The zero-order chi connectivity index (χ0) is 19.2. The Labute approximate surface area is 162 Å². The summed E-state index contributed by atoms with van der Waals surface area (Å²) in [4.78, 5) is 29.8. The van der Waals surface area contributed by atoms with Gasteiger partial charge in [0.1, 0.15) is 5.76 Å². The molecule has 0 spiro atoms. The maximum Gasteiger partial charge on any atom is 0.262 e. The number of nitrogens with zero attached hydrogens (tertiary/aromatic N) is 2. The van der Waals surface area contributed by atoms with Gasteiger partial charge in [0.05, 0.1) is 29.5 Å². The Balaban J connectivity index is 1.88. The van der Waals surface area contributed by atoms with Crippen molar-refractivity contribution in [2.24, 2.45) is 0 Å². The van der Waals surface area contributed by atoms with E-state index in [4.69, 9.17) is 4.42 Å². The number of nitrogens with one attached hydrogen (secondary N) is 1. The third kappa shape index (κ3) is 4.60. The summed E-state index contributed by atoms with van der Waals surface area (Å²) < 4.78 is 6.96. The Morgan fingerprint density at radius 2 is 2.00 bits per heavy atom. The summed E-state index contributed by atoms with van der Waals surface area (Å²) in [6.07, 6.45) is 3.36. The van der Waals surface area contributed by atoms with Crippen LogP contribution in [0.5, 0.6) is 0 Å². The Kier molecular flexibility index (Phi) is 6.34. The van der Waals surface area contributed by atoms with Gasteiger partial charge in [-0.25, -0.2) is 4.98 Å². The summed E-state index contributed by atoms with van der Waals surface area (Å²) in [6, 6.07) is 11.0. The van der Waals surface area contributed by atoms with Gasteiger partial charge in [0.25, 0.3) is 5.56 Å². The van der Waals surface area contributed by atoms with Crippen molar-refractivity contribution in [1.82, 2.24) is 14.9 Å². The highest BCUT2D eigenvalue weighted by molar-refractivity contribution is 7.99. The largest absolute Gasteiger partial charge is 0.467 e. The third-order valence-corrected chi connectivity index (χ3v) is 5.38. The molecule has 6 nitrogen and oxygen atoms in total. The van der Waals surface area contributed by atoms with E-state index in [1.807, 2.05) is 38.1 Å². The van der Waals surface area contributed by atoms with Crippen LogP contribution in [-0.4, -0.2) is 27.3 Å². The van der Waals surface area contributed by atoms with Crippen LogP contribution in [0.1, 0.15) is 32.4 Å². The van der Waals surface area contributed by atoms with Gasteiger partial charge in [0.15, 0.2) is 5.16 Å². The highest BCUT2D eigenvalue weighted by Gasteiger charge is 2.15. The van der Waals surface area contributed by atoms with E-state index in [0.29, 0.717) is 21.8 Å². The van der Waals surface area contributed by atoms with E-state index >= 15 is 0 Å². The lowest BCUT2D eigenvalue weighted by Crippen LogP contribution is -2.35. The van der Waals surface area contributed by atoms with E-state index in [0.717, 1.165) is 12.8 Å². The number of hydrogen-bond donors (Lipinski definition) is 1. The molecule has 27 heavy (non-hydrogen) atoms. The number of fused-ring (bicyclic) bond motifs is 1. The molecule has 0 unspecified atom stereocenters. The summed E-state index contributed by atoms with van der Waals surface area (Å²) in [5.74, 6) is 0.817. The zero-order valence-electron chi connectivity index (χ0n) is 15.5. The molecule has 1 N–H and O–H groups in total. The monoisotopic (exact) mass is 385 g/mol. The first kappa shape index (κ1) is 19.2. The molecule has 0 saturated heterocycles. The molecule has 0 aliphatic carbocycles. The van der Waals surface area contributed by atoms with Crippen molar-refractivity contribution in [3.63, 3.8) is 0 Å². The van der Waals surface area contributed by atoms with Crippen molar-refractivity contribution < 1.29 is 9.21 Å². The molecule has 0 bridgehead atoms. The predicted octanol–water partition coefficient (Wildman–Crippen LogP) is 3.43. The van der Waals surface area contributed by atoms with Gasteiger partial charge in [0.2, 0.25) is 5.91 Å². The van der Waals surface area contributed by atoms with Gasteiger partial charge in [-0.2, -0.15) is 0 Å². The van der Waals surface area contributed by atoms with Crippen LogP contribution < -0.4 is 10.9 Å². The van der Waals surface area contributed by atoms with Crippen LogP contribution in [0.4, 0.5) is 0 Å². The number of aromatic nitrogens is 2. The Bertz CT molecular complexity index is 962. The summed E-state index contributed by atoms with van der Waals surface area (Å²) in [5, 5.41) is 4.07. The van der Waals surface area contributed by atoms with Gasteiger partial charge < -0.3 is 9.73 Å². The number of hydrogen-bond acceptors (Lipinski definition) is 5. The maximum absolute atomic E-state index is 13.0. The minimum Gasteiger partial charge on any atom is -0.467 e. The highest BCUT2D eigenvalue weighted by Crippen LogP contribution is 2.19. The van der Waals surface area contributed by atoms with Crippen LogP contribution in [-0.2, 0) is 11.3 Å². The SMILES string of the molecule is CCC(CC)NC(=O)CSc1nc2ccccc2c(=O)n1Cc1ccco1. The van der Waals surface area contributed by atoms with Crippen LogP contribution >= 0.6 is 11.8 Å². The molecule has 1 amide bonds. The van der Waals surface area contributed by atoms with Gasteiger partial charge in [0, 0.05) is 6.04 Å². The fourth-order valence-corrected chi connectivity index (χ4v) is 3.66. The van der Waals surface area contributed by atoms with Crippen molar-refractivity contribution in [3.05, 3.63) is 58.8 Å². The van der Waals surface area contributed by atoms with Crippen molar-refractivity contribution in [3.8, 4) is 0 Å². The molecule has 0 aliphatic heterocycles. The molecular weight excluding hydrogens is 362 g/mol. The second-order valence-corrected chi connectivity index (χ2v) is 7.19. The number of benzene rings is 1. The van der Waals surface area contributed by atoms with Crippen LogP contribution in [0.25, 0.3) is 10.9 Å². The molecule has 3 rings (SSSR count). The molecule has 0 atom stereocenters. The summed E-state index contributed by atoms with van der Waals surface area (Å²) in [6.45, 7) is 4.38. The second-order valence-electron chi connectivity index (χ2n) is 6.25. The lowest BCUT2D eigenvalue weighted by atomic mass is 10.2.